The van der Waals surface area contributed by atoms with E-state index in [1.807, 2.05) is 0 Å². The molecule has 1 aromatic rings. The first-order valence-corrected chi connectivity index (χ1v) is 11.0. The molecule has 0 aliphatic heterocycles. The van der Waals surface area contributed by atoms with Crippen molar-refractivity contribution < 1.29 is 29.3 Å². The summed E-state index contributed by atoms with van der Waals surface area (Å²) >= 11 is 0. The van der Waals surface area contributed by atoms with E-state index in [-0.39, 0.29) is 17.4 Å². The zero-order chi connectivity index (χ0) is 25.7. The van der Waals surface area contributed by atoms with Crippen LogP contribution >= 0.6 is 0 Å². The summed E-state index contributed by atoms with van der Waals surface area (Å²) in [4.78, 5) is 40.6. The second kappa shape index (κ2) is 10.9. The number of aryl methyl sites for hydroxylation is 1. The lowest BCUT2D eigenvalue weighted by Crippen LogP contribution is -2.59. The molecule has 186 valence electrons. The van der Waals surface area contributed by atoms with Crippen LogP contribution in [0, 0.1) is 6.92 Å². The van der Waals surface area contributed by atoms with E-state index in [1.54, 1.807) is 80.5 Å². The molecule has 33 heavy (non-hydrogen) atoms. The molecule has 0 saturated heterocycles. The van der Waals surface area contributed by atoms with Crippen molar-refractivity contribution in [1.29, 1.82) is 0 Å². The molecule has 1 aromatic carbocycles. The predicted molar refractivity (Wildman–Crippen MR) is 126 cm³/mol. The maximum absolute atomic E-state index is 13.7. The molecule has 0 fully saturated rings. The molecule has 4 N–H and O–H groups in total. The minimum atomic E-state index is -1.36. The Morgan fingerprint density at radius 1 is 1.06 bits per heavy atom. The van der Waals surface area contributed by atoms with Crippen molar-refractivity contribution in [2.75, 3.05) is 6.61 Å². The highest BCUT2D eigenvalue weighted by Gasteiger charge is 2.42. The summed E-state index contributed by atoms with van der Waals surface area (Å²) in [5.41, 5.74) is -0.939. The molecular formula is C24H39N3O6. The molecule has 0 spiro atoms. The number of benzene rings is 1. The van der Waals surface area contributed by atoms with Gasteiger partial charge in [-0.1, -0.05) is 18.2 Å². The lowest BCUT2D eigenvalue weighted by Gasteiger charge is -2.43. The lowest BCUT2D eigenvalue weighted by molar-refractivity contribution is -0.149. The van der Waals surface area contributed by atoms with Crippen LogP contribution in [0.4, 0.5) is 4.79 Å². The Balaban J connectivity index is 3.55. The number of phenolic OH excluding ortho intramolecular Hbond substituents is 1. The number of carbonyl (C=O) groups is 3. The Morgan fingerprint density at radius 3 is 2.09 bits per heavy atom. The topological polar surface area (TPSA) is 128 Å². The highest BCUT2D eigenvalue weighted by molar-refractivity contribution is 5.93. The molecule has 1 rings (SSSR count). The highest BCUT2D eigenvalue weighted by Crippen LogP contribution is 2.36. The van der Waals surface area contributed by atoms with Crippen molar-refractivity contribution >= 4 is 17.9 Å². The van der Waals surface area contributed by atoms with Crippen molar-refractivity contribution in [2.24, 2.45) is 0 Å². The van der Waals surface area contributed by atoms with E-state index in [2.05, 4.69) is 10.6 Å². The number of nitrogens with one attached hydrogen (secondary N) is 2. The Morgan fingerprint density at radius 2 is 1.64 bits per heavy atom. The first kappa shape index (κ1) is 28.2. The average molecular weight is 466 g/mol. The van der Waals surface area contributed by atoms with Crippen LogP contribution in [0.3, 0.4) is 0 Å². The number of aliphatic hydroxyl groups is 1. The Labute approximate surface area is 196 Å². The molecule has 0 radical (unpaired) electrons. The molecule has 2 unspecified atom stereocenters. The minimum Gasteiger partial charge on any atom is -0.507 e. The van der Waals surface area contributed by atoms with Crippen molar-refractivity contribution in [3.63, 3.8) is 0 Å². The van der Waals surface area contributed by atoms with Crippen LogP contribution < -0.4 is 10.6 Å². The van der Waals surface area contributed by atoms with Gasteiger partial charge in [-0.3, -0.25) is 9.59 Å². The number of alkyl carbamates (subject to hydrolysis) is 1. The van der Waals surface area contributed by atoms with Crippen LogP contribution in [-0.2, 0) is 14.3 Å². The molecule has 0 bridgehead atoms. The number of hydrogen-bond acceptors (Lipinski definition) is 6. The van der Waals surface area contributed by atoms with Crippen LogP contribution in [0.15, 0.2) is 18.2 Å². The van der Waals surface area contributed by atoms with Crippen molar-refractivity contribution in [3.05, 3.63) is 29.3 Å². The van der Waals surface area contributed by atoms with E-state index in [4.69, 9.17) is 4.74 Å². The van der Waals surface area contributed by atoms with Gasteiger partial charge in [0.2, 0.25) is 11.8 Å². The number of amides is 3. The normalized spacial score (nSPS) is 13.8. The third-order valence-corrected chi connectivity index (χ3v) is 4.63. The fourth-order valence-corrected chi connectivity index (χ4v) is 3.31. The summed E-state index contributed by atoms with van der Waals surface area (Å²) in [5, 5.41) is 25.9. The van der Waals surface area contributed by atoms with Gasteiger partial charge in [0.1, 0.15) is 23.4 Å². The molecule has 2 atom stereocenters. The third kappa shape index (κ3) is 7.92. The number of aromatic hydroxyl groups is 1. The number of phenols is 1. The molecule has 9 nitrogen and oxygen atoms in total. The molecule has 0 aliphatic carbocycles. The lowest BCUT2D eigenvalue weighted by atomic mass is 9.93. The smallest absolute Gasteiger partial charge is 0.408 e. The van der Waals surface area contributed by atoms with Crippen LogP contribution in [0.25, 0.3) is 0 Å². The van der Waals surface area contributed by atoms with E-state index in [1.165, 1.54) is 4.90 Å². The SMILES string of the molecule is Cc1cccc(C(C(=O)NC(C)C)N(C(=O)C(CO)NC(=O)OC(C)(C)C)C(C)(C)C)c1O. The largest absolute Gasteiger partial charge is 0.507 e. The first-order chi connectivity index (χ1) is 15.0. The van der Waals surface area contributed by atoms with E-state index in [0.717, 1.165) is 0 Å². The number of aliphatic hydroxyl groups excluding tert-OH is 1. The van der Waals surface area contributed by atoms with E-state index >= 15 is 0 Å². The summed E-state index contributed by atoms with van der Waals surface area (Å²) in [6.07, 6.45) is -0.870. The second-order valence-corrected chi connectivity index (χ2v) is 10.3. The van der Waals surface area contributed by atoms with Gasteiger partial charge in [-0.15, -0.1) is 0 Å². The maximum atomic E-state index is 13.7. The summed E-state index contributed by atoms with van der Waals surface area (Å²) in [6.45, 7) is 14.8. The van der Waals surface area contributed by atoms with Gasteiger partial charge in [-0.2, -0.15) is 0 Å². The number of carbonyl (C=O) groups excluding carboxylic acids is 3. The van der Waals surface area contributed by atoms with Crippen LogP contribution in [0.2, 0.25) is 0 Å². The molecule has 0 aliphatic rings. The van der Waals surface area contributed by atoms with Gasteiger partial charge < -0.3 is 30.5 Å². The summed E-state index contributed by atoms with van der Waals surface area (Å²) in [6, 6.07) is 2.16. The van der Waals surface area contributed by atoms with Gasteiger partial charge >= 0.3 is 6.09 Å². The van der Waals surface area contributed by atoms with Crippen molar-refractivity contribution in [3.8, 4) is 5.75 Å². The molecule has 0 heterocycles. The van der Waals surface area contributed by atoms with Crippen LogP contribution in [0.1, 0.15) is 72.6 Å². The van der Waals surface area contributed by atoms with Gasteiger partial charge in [0.25, 0.3) is 0 Å². The zero-order valence-electron chi connectivity index (χ0n) is 21.1. The van der Waals surface area contributed by atoms with Gasteiger partial charge in [0.15, 0.2) is 0 Å². The standard InChI is InChI=1S/C24H39N3O6/c1-14(2)25-20(30)18(16-12-10-11-15(3)19(16)29)27(23(4,5)6)21(31)17(13-28)26-22(32)33-24(7,8)9/h10-12,14,17-18,28-29H,13H2,1-9H3,(H,25,30)(H,26,32). The number of rotatable bonds is 7. The monoisotopic (exact) mass is 465 g/mol. The fourth-order valence-electron chi connectivity index (χ4n) is 3.31. The summed E-state index contributed by atoms with van der Waals surface area (Å²) in [7, 11) is 0. The van der Waals surface area contributed by atoms with Crippen LogP contribution in [-0.4, -0.2) is 62.9 Å². The van der Waals surface area contributed by atoms with E-state index in [0.29, 0.717) is 5.56 Å². The predicted octanol–water partition coefficient (Wildman–Crippen LogP) is 2.78. The zero-order valence-corrected chi connectivity index (χ0v) is 21.1. The number of ether oxygens (including phenoxy) is 1. The number of hydrogen-bond donors (Lipinski definition) is 4. The molecule has 9 heteroatoms. The highest BCUT2D eigenvalue weighted by atomic mass is 16.6. The number of para-hydroxylation sites is 1. The summed E-state index contributed by atoms with van der Waals surface area (Å²) in [5.74, 6) is -1.30. The van der Waals surface area contributed by atoms with Crippen molar-refractivity contribution in [2.45, 2.75) is 91.6 Å². The molecular weight excluding hydrogens is 426 g/mol. The minimum absolute atomic E-state index is 0.107. The molecule has 3 amide bonds. The molecule has 0 saturated carbocycles. The third-order valence-electron chi connectivity index (χ3n) is 4.63. The Kier molecular flexibility index (Phi) is 9.30. The van der Waals surface area contributed by atoms with E-state index in [9.17, 15) is 24.6 Å². The summed E-state index contributed by atoms with van der Waals surface area (Å²) < 4.78 is 5.21. The second-order valence-electron chi connectivity index (χ2n) is 10.3. The Bertz CT molecular complexity index is 855. The average Bonchev–Trinajstić information content (AvgIpc) is 2.63. The van der Waals surface area contributed by atoms with Crippen LogP contribution in [0.5, 0.6) is 5.75 Å². The van der Waals surface area contributed by atoms with Gasteiger partial charge in [-0.05, 0) is 67.9 Å². The Hall–Kier alpha value is -2.81. The van der Waals surface area contributed by atoms with Gasteiger partial charge in [0.05, 0.1) is 6.61 Å². The van der Waals surface area contributed by atoms with E-state index < -0.39 is 47.7 Å². The number of nitrogens with zero attached hydrogens (tertiary/aromatic N) is 1. The maximum Gasteiger partial charge on any atom is 0.408 e. The van der Waals surface area contributed by atoms with Gasteiger partial charge in [-0.25, -0.2) is 4.79 Å². The fraction of sp³-hybridized carbons (Fsp3) is 0.625. The quantitative estimate of drug-likeness (QED) is 0.490. The first-order valence-electron chi connectivity index (χ1n) is 11.0. The van der Waals surface area contributed by atoms with Gasteiger partial charge in [0, 0.05) is 17.1 Å². The molecule has 0 aromatic heterocycles. The van der Waals surface area contributed by atoms with Crippen molar-refractivity contribution in [1.82, 2.24) is 15.5 Å².